The molecule has 2 atom stereocenters. The van der Waals surface area contributed by atoms with Gasteiger partial charge in [0.15, 0.2) is 0 Å². The molecule has 0 rings (SSSR count). The minimum absolute atomic E-state index is 0.422. The van der Waals surface area contributed by atoms with Gasteiger partial charge < -0.3 is 5.11 Å². The Kier molecular flexibility index (Phi) is 8.42. The molecular weight excluding hydrogens is 248 g/mol. The van der Waals surface area contributed by atoms with E-state index < -0.39 is 20.4 Å². The van der Waals surface area contributed by atoms with Crippen LogP contribution in [0.3, 0.4) is 0 Å². The van der Waals surface area contributed by atoms with Crippen molar-refractivity contribution in [3.8, 4) is 0 Å². The molecule has 0 heterocycles. The van der Waals surface area contributed by atoms with Crippen LogP contribution < -0.4 is 0 Å². The molecule has 0 aromatic rings. The number of hydrogen-bond donors (Lipinski definition) is 1. The van der Waals surface area contributed by atoms with Crippen LogP contribution in [0.25, 0.3) is 0 Å². The Labute approximate surface area is 104 Å². The molecule has 0 aliphatic heterocycles. The van der Waals surface area contributed by atoms with E-state index in [1.54, 1.807) is 6.92 Å². The first kappa shape index (κ1) is 16.2. The van der Waals surface area contributed by atoms with Gasteiger partial charge in [-0.25, -0.2) is 8.42 Å². The molecule has 0 aromatic carbocycles. The summed E-state index contributed by atoms with van der Waals surface area (Å²) >= 11 is 0. The van der Waals surface area contributed by atoms with Crippen molar-refractivity contribution in [1.82, 2.24) is 0 Å². The fraction of sp³-hybridized carbons (Fsp3) is 1.00. The van der Waals surface area contributed by atoms with Crippen molar-refractivity contribution in [2.24, 2.45) is 0 Å². The predicted octanol–water partition coefficient (Wildman–Crippen LogP) is 3.06. The van der Waals surface area contributed by atoms with E-state index >= 15 is 0 Å². The Bertz CT molecular complexity index is 264. The monoisotopic (exact) mass is 270 g/mol. The number of rotatable bonds is 9. The molecule has 0 saturated heterocycles. The second-order valence-electron chi connectivity index (χ2n) is 4.19. The van der Waals surface area contributed by atoms with E-state index in [2.05, 4.69) is 6.92 Å². The maximum Gasteiger partial charge on any atom is 0.238 e. The van der Waals surface area contributed by atoms with Crippen LogP contribution in [0.5, 0.6) is 0 Å². The molecule has 0 saturated carbocycles. The number of unbranched alkanes of at least 4 members (excludes halogenated alkanes) is 4. The van der Waals surface area contributed by atoms with Crippen molar-refractivity contribution < 1.29 is 13.5 Å². The van der Waals surface area contributed by atoms with Gasteiger partial charge in [-0.05, 0) is 12.8 Å². The van der Waals surface area contributed by atoms with Crippen LogP contribution in [0, 0.1) is 0 Å². The highest BCUT2D eigenvalue weighted by molar-refractivity contribution is 8.14. The van der Waals surface area contributed by atoms with Gasteiger partial charge in [0, 0.05) is 10.7 Å². The van der Waals surface area contributed by atoms with Crippen LogP contribution in [0.15, 0.2) is 0 Å². The van der Waals surface area contributed by atoms with Crippen LogP contribution in [-0.4, -0.2) is 24.9 Å². The van der Waals surface area contributed by atoms with E-state index in [4.69, 9.17) is 10.7 Å². The lowest BCUT2D eigenvalue weighted by atomic mass is 10.1. The van der Waals surface area contributed by atoms with Crippen LogP contribution >= 0.6 is 10.7 Å². The van der Waals surface area contributed by atoms with E-state index in [9.17, 15) is 13.5 Å². The van der Waals surface area contributed by atoms with E-state index in [1.165, 1.54) is 6.42 Å². The fourth-order valence-corrected chi connectivity index (χ4v) is 3.37. The molecule has 16 heavy (non-hydrogen) atoms. The molecule has 0 radical (unpaired) electrons. The summed E-state index contributed by atoms with van der Waals surface area (Å²) in [6.45, 7) is 3.89. The van der Waals surface area contributed by atoms with Gasteiger partial charge >= 0.3 is 0 Å². The zero-order valence-corrected chi connectivity index (χ0v) is 11.7. The van der Waals surface area contributed by atoms with Gasteiger partial charge in [-0.15, -0.1) is 0 Å². The normalized spacial score (nSPS) is 16.0. The number of aliphatic hydroxyl groups excluding tert-OH is 1. The van der Waals surface area contributed by atoms with Crippen molar-refractivity contribution in [3.63, 3.8) is 0 Å². The standard InChI is InChI=1S/C11H23ClO3S/c1-3-5-6-7-8-9-11(10(13)4-2)16(12,14)15/h10-11,13H,3-9H2,1-2H3. The van der Waals surface area contributed by atoms with E-state index in [0.717, 1.165) is 25.7 Å². The smallest absolute Gasteiger partial charge is 0.238 e. The van der Waals surface area contributed by atoms with Crippen molar-refractivity contribution in [2.45, 2.75) is 70.1 Å². The topological polar surface area (TPSA) is 54.4 Å². The molecule has 98 valence electrons. The first-order chi connectivity index (χ1) is 7.43. The third kappa shape index (κ3) is 6.71. The van der Waals surface area contributed by atoms with E-state index in [0.29, 0.717) is 12.8 Å². The molecule has 0 aliphatic carbocycles. The highest BCUT2D eigenvalue weighted by Crippen LogP contribution is 2.20. The maximum atomic E-state index is 11.3. The van der Waals surface area contributed by atoms with Crippen LogP contribution in [0.2, 0.25) is 0 Å². The highest BCUT2D eigenvalue weighted by Gasteiger charge is 2.29. The van der Waals surface area contributed by atoms with Gasteiger partial charge in [0.25, 0.3) is 0 Å². The summed E-state index contributed by atoms with van der Waals surface area (Å²) < 4.78 is 22.5. The molecule has 0 aliphatic rings. The lowest BCUT2D eigenvalue weighted by Gasteiger charge is -2.18. The third-order valence-electron chi connectivity index (χ3n) is 2.80. The highest BCUT2D eigenvalue weighted by atomic mass is 35.7. The average molecular weight is 271 g/mol. The number of aliphatic hydroxyl groups is 1. The molecule has 0 spiro atoms. The summed E-state index contributed by atoms with van der Waals surface area (Å²) in [7, 11) is 1.68. The minimum atomic E-state index is -3.65. The first-order valence-corrected chi connectivity index (χ1v) is 8.42. The Morgan fingerprint density at radius 2 is 1.69 bits per heavy atom. The summed E-state index contributed by atoms with van der Waals surface area (Å²) in [5.41, 5.74) is 0. The maximum absolute atomic E-state index is 11.3. The Balaban J connectivity index is 4.05. The summed E-state index contributed by atoms with van der Waals surface area (Å²) in [5.74, 6) is 0. The SMILES string of the molecule is CCCCCCCC(C(O)CC)S(=O)(=O)Cl. The molecule has 2 unspecified atom stereocenters. The zero-order chi connectivity index (χ0) is 12.6. The van der Waals surface area contributed by atoms with Gasteiger partial charge in [0.05, 0.1) is 6.10 Å². The van der Waals surface area contributed by atoms with Gasteiger partial charge in [-0.1, -0.05) is 46.0 Å². The van der Waals surface area contributed by atoms with Gasteiger partial charge in [-0.3, -0.25) is 0 Å². The van der Waals surface area contributed by atoms with E-state index in [-0.39, 0.29) is 0 Å². The lowest BCUT2D eigenvalue weighted by molar-refractivity contribution is 0.160. The van der Waals surface area contributed by atoms with Crippen LogP contribution in [-0.2, 0) is 9.05 Å². The fourth-order valence-electron chi connectivity index (χ4n) is 1.73. The van der Waals surface area contributed by atoms with Crippen molar-refractivity contribution in [2.75, 3.05) is 0 Å². The summed E-state index contributed by atoms with van der Waals surface area (Å²) in [6.07, 6.45) is 5.32. The van der Waals surface area contributed by atoms with Crippen LogP contribution in [0.1, 0.15) is 58.8 Å². The molecule has 0 aromatic heterocycles. The molecule has 0 amide bonds. The second-order valence-corrected chi connectivity index (χ2v) is 7.04. The number of halogens is 1. The molecule has 5 heteroatoms. The predicted molar refractivity (Wildman–Crippen MR) is 68.2 cm³/mol. The summed E-state index contributed by atoms with van der Waals surface area (Å²) in [6, 6.07) is 0. The molecule has 0 bridgehead atoms. The average Bonchev–Trinajstić information content (AvgIpc) is 2.20. The largest absolute Gasteiger partial charge is 0.392 e. The zero-order valence-electron chi connectivity index (χ0n) is 10.2. The van der Waals surface area contributed by atoms with Gasteiger partial charge in [-0.2, -0.15) is 0 Å². The molecule has 0 fully saturated rings. The first-order valence-electron chi connectivity index (χ1n) is 6.05. The Morgan fingerprint density at radius 1 is 1.12 bits per heavy atom. The Morgan fingerprint density at radius 3 is 2.12 bits per heavy atom. The summed E-state index contributed by atoms with van der Waals surface area (Å²) in [4.78, 5) is 0. The van der Waals surface area contributed by atoms with Crippen molar-refractivity contribution >= 4 is 19.7 Å². The molecule has 1 N–H and O–H groups in total. The number of hydrogen-bond acceptors (Lipinski definition) is 3. The molecule has 3 nitrogen and oxygen atoms in total. The van der Waals surface area contributed by atoms with E-state index in [1.807, 2.05) is 0 Å². The molecular formula is C11H23ClO3S. The van der Waals surface area contributed by atoms with Crippen LogP contribution in [0.4, 0.5) is 0 Å². The summed E-state index contributed by atoms with van der Waals surface area (Å²) in [5, 5.41) is 8.79. The van der Waals surface area contributed by atoms with Gasteiger partial charge in [0.1, 0.15) is 5.25 Å². The minimum Gasteiger partial charge on any atom is -0.392 e. The third-order valence-corrected chi connectivity index (χ3v) is 4.76. The van der Waals surface area contributed by atoms with Crippen molar-refractivity contribution in [1.29, 1.82) is 0 Å². The van der Waals surface area contributed by atoms with Crippen molar-refractivity contribution in [3.05, 3.63) is 0 Å². The second kappa shape index (κ2) is 8.31. The Hall–Kier alpha value is 0.200. The van der Waals surface area contributed by atoms with Gasteiger partial charge in [0.2, 0.25) is 9.05 Å². The lowest BCUT2D eigenvalue weighted by Crippen LogP contribution is -2.30. The quantitative estimate of drug-likeness (QED) is 0.517.